The molecule has 0 amide bonds. The summed E-state index contributed by atoms with van der Waals surface area (Å²) in [5.74, 6) is 0.728. The number of piperidine rings is 1. The molecule has 2 heterocycles. The average molecular weight is 273 g/mol. The second-order valence-electron chi connectivity index (χ2n) is 5.67. The summed E-state index contributed by atoms with van der Waals surface area (Å²) >= 11 is 0. The summed E-state index contributed by atoms with van der Waals surface area (Å²) in [6.07, 6.45) is 6.13. The maximum Gasteiger partial charge on any atom is 0.140 e. The lowest BCUT2D eigenvalue weighted by atomic mass is 9.98. The van der Waals surface area contributed by atoms with E-state index in [1.165, 1.54) is 12.1 Å². The molecule has 1 aromatic carbocycles. The molecule has 106 valence electrons. The third-order valence-electron chi connectivity index (χ3n) is 4.35. The molecule has 1 fully saturated rings. The predicted octanol–water partition coefficient (Wildman–Crippen LogP) is 3.34. The van der Waals surface area contributed by atoms with Crippen molar-refractivity contribution in [2.24, 2.45) is 0 Å². The summed E-state index contributed by atoms with van der Waals surface area (Å²) in [4.78, 5) is 6.86. The molecule has 3 nitrogen and oxygen atoms in total. The number of nitrogens with zero attached hydrogens (tertiary/aromatic N) is 3. The van der Waals surface area contributed by atoms with Crippen LogP contribution in [0.5, 0.6) is 0 Å². The first-order valence-corrected chi connectivity index (χ1v) is 7.14. The number of hydrogen-bond donors (Lipinski definition) is 0. The SMILES string of the molecule is C[C@@H]1C[C@H](n2ccnc2-c2ccc(F)cc2)CCN1C. The number of likely N-dealkylation sites (tertiary alicyclic amines) is 1. The molecule has 0 aliphatic carbocycles. The highest BCUT2D eigenvalue weighted by Crippen LogP contribution is 2.30. The Kier molecular flexibility index (Phi) is 3.57. The molecule has 1 aliphatic heterocycles. The Bertz CT molecular complexity index is 576. The Labute approximate surface area is 119 Å². The van der Waals surface area contributed by atoms with Gasteiger partial charge < -0.3 is 9.47 Å². The Morgan fingerprint density at radius 2 is 2.00 bits per heavy atom. The van der Waals surface area contributed by atoms with Gasteiger partial charge >= 0.3 is 0 Å². The molecule has 3 rings (SSSR count). The van der Waals surface area contributed by atoms with Crippen molar-refractivity contribution in [2.45, 2.75) is 31.8 Å². The van der Waals surface area contributed by atoms with Gasteiger partial charge in [0.15, 0.2) is 0 Å². The largest absolute Gasteiger partial charge is 0.328 e. The maximum atomic E-state index is 13.0. The summed E-state index contributed by atoms with van der Waals surface area (Å²) in [6, 6.07) is 7.64. The Balaban J connectivity index is 1.88. The van der Waals surface area contributed by atoms with Crippen LogP contribution in [0.2, 0.25) is 0 Å². The molecule has 1 aromatic heterocycles. The second-order valence-corrected chi connectivity index (χ2v) is 5.67. The summed E-state index contributed by atoms with van der Waals surface area (Å²) in [5, 5.41) is 0. The monoisotopic (exact) mass is 273 g/mol. The summed E-state index contributed by atoms with van der Waals surface area (Å²) < 4.78 is 15.3. The van der Waals surface area contributed by atoms with E-state index in [1.54, 1.807) is 12.1 Å². The van der Waals surface area contributed by atoms with E-state index >= 15 is 0 Å². The van der Waals surface area contributed by atoms with Crippen LogP contribution >= 0.6 is 0 Å². The van der Waals surface area contributed by atoms with Crippen LogP contribution in [-0.2, 0) is 0 Å². The van der Waals surface area contributed by atoms with E-state index in [1.807, 2.05) is 12.4 Å². The van der Waals surface area contributed by atoms with Crippen molar-refractivity contribution in [1.82, 2.24) is 14.5 Å². The molecule has 1 aliphatic rings. The van der Waals surface area contributed by atoms with Gasteiger partial charge in [0, 0.05) is 36.6 Å². The van der Waals surface area contributed by atoms with Crippen LogP contribution in [0.4, 0.5) is 4.39 Å². The lowest BCUT2D eigenvalue weighted by Gasteiger charge is -2.36. The van der Waals surface area contributed by atoms with Gasteiger partial charge in [-0.1, -0.05) is 0 Å². The highest BCUT2D eigenvalue weighted by atomic mass is 19.1. The summed E-state index contributed by atoms with van der Waals surface area (Å²) in [7, 11) is 2.18. The number of benzene rings is 1. The molecule has 0 spiro atoms. The van der Waals surface area contributed by atoms with Gasteiger partial charge in [-0.3, -0.25) is 0 Å². The average Bonchev–Trinajstić information content (AvgIpc) is 2.92. The normalized spacial score (nSPS) is 23.9. The van der Waals surface area contributed by atoms with Crippen LogP contribution in [0.3, 0.4) is 0 Å². The van der Waals surface area contributed by atoms with Crippen LogP contribution in [0, 0.1) is 5.82 Å². The molecule has 0 N–H and O–H groups in total. The quantitative estimate of drug-likeness (QED) is 0.836. The third kappa shape index (κ3) is 2.48. The van der Waals surface area contributed by atoms with Crippen LogP contribution in [0.25, 0.3) is 11.4 Å². The molecule has 0 saturated carbocycles. The number of halogens is 1. The van der Waals surface area contributed by atoms with Gasteiger partial charge in [0.2, 0.25) is 0 Å². The zero-order valence-corrected chi connectivity index (χ0v) is 12.0. The van der Waals surface area contributed by atoms with E-state index in [2.05, 4.69) is 28.4 Å². The van der Waals surface area contributed by atoms with E-state index in [-0.39, 0.29) is 5.82 Å². The third-order valence-corrected chi connectivity index (χ3v) is 4.35. The van der Waals surface area contributed by atoms with Crippen molar-refractivity contribution >= 4 is 0 Å². The van der Waals surface area contributed by atoms with Crippen LogP contribution in [0.1, 0.15) is 25.8 Å². The minimum absolute atomic E-state index is 0.209. The van der Waals surface area contributed by atoms with Gasteiger partial charge in [0.1, 0.15) is 11.6 Å². The van der Waals surface area contributed by atoms with E-state index in [4.69, 9.17) is 0 Å². The second kappa shape index (κ2) is 5.37. The molecule has 4 heteroatoms. The van der Waals surface area contributed by atoms with Gasteiger partial charge in [-0.2, -0.15) is 0 Å². The molecule has 20 heavy (non-hydrogen) atoms. The van der Waals surface area contributed by atoms with Crippen molar-refractivity contribution in [3.8, 4) is 11.4 Å². The standard InChI is InChI=1S/C16H20FN3/c1-12-11-15(7-9-19(12)2)20-10-8-18-16(20)13-3-5-14(17)6-4-13/h3-6,8,10,12,15H,7,9,11H2,1-2H3/t12-,15-/m1/s1. The molecule has 2 aromatic rings. The lowest BCUT2D eigenvalue weighted by Crippen LogP contribution is -2.38. The topological polar surface area (TPSA) is 21.1 Å². The zero-order chi connectivity index (χ0) is 14.1. The number of rotatable bonds is 2. The molecule has 0 bridgehead atoms. The fourth-order valence-electron chi connectivity index (χ4n) is 2.95. The fraction of sp³-hybridized carbons (Fsp3) is 0.438. The van der Waals surface area contributed by atoms with Crippen molar-refractivity contribution < 1.29 is 4.39 Å². The van der Waals surface area contributed by atoms with Crippen molar-refractivity contribution in [1.29, 1.82) is 0 Å². The van der Waals surface area contributed by atoms with Crippen molar-refractivity contribution in [3.63, 3.8) is 0 Å². The van der Waals surface area contributed by atoms with Crippen LogP contribution in [-0.4, -0.2) is 34.1 Å². The van der Waals surface area contributed by atoms with Crippen molar-refractivity contribution in [3.05, 3.63) is 42.5 Å². The first kappa shape index (κ1) is 13.3. The van der Waals surface area contributed by atoms with E-state index < -0.39 is 0 Å². The predicted molar refractivity (Wildman–Crippen MR) is 78.0 cm³/mol. The maximum absolute atomic E-state index is 13.0. The van der Waals surface area contributed by atoms with Gasteiger partial charge in [0.25, 0.3) is 0 Å². The highest BCUT2D eigenvalue weighted by Gasteiger charge is 2.25. The molecular weight excluding hydrogens is 253 g/mol. The Morgan fingerprint density at radius 3 is 2.70 bits per heavy atom. The number of aromatic nitrogens is 2. The van der Waals surface area contributed by atoms with Gasteiger partial charge in [-0.05, 0) is 51.1 Å². The fourth-order valence-corrected chi connectivity index (χ4v) is 2.95. The van der Waals surface area contributed by atoms with Gasteiger partial charge in [-0.15, -0.1) is 0 Å². The van der Waals surface area contributed by atoms with E-state index in [9.17, 15) is 4.39 Å². The Morgan fingerprint density at radius 1 is 1.25 bits per heavy atom. The molecular formula is C16H20FN3. The zero-order valence-electron chi connectivity index (χ0n) is 12.0. The first-order valence-electron chi connectivity index (χ1n) is 7.14. The van der Waals surface area contributed by atoms with Crippen LogP contribution in [0.15, 0.2) is 36.7 Å². The molecule has 0 radical (unpaired) electrons. The van der Waals surface area contributed by atoms with E-state index in [0.717, 1.165) is 30.8 Å². The first-order chi connectivity index (χ1) is 9.65. The molecule has 2 atom stereocenters. The van der Waals surface area contributed by atoms with Crippen molar-refractivity contribution in [2.75, 3.05) is 13.6 Å². The number of hydrogen-bond acceptors (Lipinski definition) is 2. The minimum Gasteiger partial charge on any atom is -0.328 e. The van der Waals surface area contributed by atoms with Gasteiger partial charge in [-0.25, -0.2) is 9.37 Å². The molecule has 0 unspecified atom stereocenters. The summed E-state index contributed by atoms with van der Waals surface area (Å²) in [5.41, 5.74) is 0.975. The number of imidazole rings is 1. The molecule has 1 saturated heterocycles. The van der Waals surface area contributed by atoms with Gasteiger partial charge in [0.05, 0.1) is 0 Å². The Hall–Kier alpha value is -1.68. The lowest BCUT2D eigenvalue weighted by molar-refractivity contribution is 0.157. The van der Waals surface area contributed by atoms with E-state index in [0.29, 0.717) is 12.1 Å². The highest BCUT2D eigenvalue weighted by molar-refractivity contribution is 5.55. The smallest absolute Gasteiger partial charge is 0.140 e. The minimum atomic E-state index is -0.209. The van der Waals surface area contributed by atoms with Crippen LogP contribution < -0.4 is 0 Å². The summed E-state index contributed by atoms with van der Waals surface area (Å²) in [6.45, 7) is 3.37.